The zero-order valence-corrected chi connectivity index (χ0v) is 10.5. The Morgan fingerprint density at radius 3 is 2.53 bits per heavy atom. The fourth-order valence-electron chi connectivity index (χ4n) is 1.64. The molecule has 5 heteroatoms. The Kier molecular flexibility index (Phi) is 5.41. The van der Waals surface area contributed by atoms with E-state index in [0.29, 0.717) is 19.4 Å². The Labute approximate surface area is 102 Å². The second-order valence-corrected chi connectivity index (χ2v) is 4.67. The number of ether oxygens (including phenoxy) is 1. The average molecular weight is 243 g/mol. The number of hydrogen-bond donors (Lipinski definition) is 1. The van der Waals surface area contributed by atoms with E-state index >= 15 is 0 Å². The first kappa shape index (κ1) is 14.0. The summed E-state index contributed by atoms with van der Waals surface area (Å²) in [6, 6.07) is 0.157. The van der Waals surface area contributed by atoms with Crippen molar-refractivity contribution in [2.24, 2.45) is 0 Å². The van der Waals surface area contributed by atoms with Gasteiger partial charge in [0.15, 0.2) is 0 Å². The Hall–Kier alpha value is -1.10. The molecule has 1 amide bonds. The molecule has 5 nitrogen and oxygen atoms in total. The van der Waals surface area contributed by atoms with Gasteiger partial charge in [-0.3, -0.25) is 9.59 Å². The molecule has 98 valence electrons. The highest BCUT2D eigenvalue weighted by Gasteiger charge is 2.33. The maximum atomic E-state index is 11.8. The van der Waals surface area contributed by atoms with Crippen molar-refractivity contribution in [3.63, 3.8) is 0 Å². The number of carbonyl (C=O) groups is 2. The van der Waals surface area contributed by atoms with Crippen LogP contribution >= 0.6 is 0 Å². The number of rotatable bonds is 8. The van der Waals surface area contributed by atoms with Crippen molar-refractivity contribution in [2.75, 3.05) is 13.2 Å². The third-order valence-electron chi connectivity index (χ3n) is 2.60. The van der Waals surface area contributed by atoms with Crippen LogP contribution in [0.4, 0.5) is 0 Å². The highest BCUT2D eigenvalue weighted by molar-refractivity contribution is 5.81. The number of carboxylic acid groups (broad SMARTS) is 1. The highest BCUT2D eigenvalue weighted by Crippen LogP contribution is 2.27. The highest BCUT2D eigenvalue weighted by atomic mass is 16.5. The number of aliphatic carboxylic acids is 1. The number of carboxylic acids is 1. The van der Waals surface area contributed by atoms with Crippen LogP contribution in [0.3, 0.4) is 0 Å². The van der Waals surface area contributed by atoms with E-state index in [1.807, 2.05) is 13.8 Å². The van der Waals surface area contributed by atoms with Crippen LogP contribution in [0.15, 0.2) is 0 Å². The maximum Gasteiger partial charge on any atom is 0.323 e. The second-order valence-electron chi connectivity index (χ2n) is 4.67. The number of carbonyl (C=O) groups excluding carboxylic acids is 1. The molecule has 0 atom stereocenters. The summed E-state index contributed by atoms with van der Waals surface area (Å²) in [5, 5.41) is 8.74. The fourth-order valence-corrected chi connectivity index (χ4v) is 1.64. The van der Waals surface area contributed by atoms with E-state index in [0.717, 1.165) is 12.8 Å². The zero-order valence-electron chi connectivity index (χ0n) is 10.5. The van der Waals surface area contributed by atoms with Crippen LogP contribution in [0.2, 0.25) is 0 Å². The molecule has 1 N–H and O–H groups in total. The third-order valence-corrected chi connectivity index (χ3v) is 2.60. The lowest BCUT2D eigenvalue weighted by Gasteiger charge is -2.20. The van der Waals surface area contributed by atoms with Gasteiger partial charge < -0.3 is 14.7 Å². The Bertz CT molecular complexity index is 274. The molecule has 0 radical (unpaired) electrons. The van der Waals surface area contributed by atoms with Crippen LogP contribution < -0.4 is 0 Å². The molecule has 0 unspecified atom stereocenters. The van der Waals surface area contributed by atoms with Crippen molar-refractivity contribution in [1.29, 1.82) is 0 Å². The largest absolute Gasteiger partial charge is 0.480 e. The molecule has 0 heterocycles. The fraction of sp³-hybridized carbons (Fsp3) is 0.833. The Balaban J connectivity index is 2.25. The number of amides is 1. The summed E-state index contributed by atoms with van der Waals surface area (Å²) >= 11 is 0. The van der Waals surface area contributed by atoms with Gasteiger partial charge in [0.1, 0.15) is 6.54 Å². The minimum Gasteiger partial charge on any atom is -0.480 e. The predicted octanol–water partition coefficient (Wildman–Crippen LogP) is 1.27. The minimum absolute atomic E-state index is 0.0674. The van der Waals surface area contributed by atoms with E-state index in [-0.39, 0.29) is 24.6 Å². The lowest BCUT2D eigenvalue weighted by molar-refractivity contribution is -0.145. The summed E-state index contributed by atoms with van der Waals surface area (Å²) in [6.07, 6.45) is 3.06. The summed E-state index contributed by atoms with van der Waals surface area (Å²) < 4.78 is 5.34. The molecule has 0 aliphatic heterocycles. The number of nitrogens with zero attached hydrogens (tertiary/aromatic N) is 1. The number of hydrogen-bond acceptors (Lipinski definition) is 3. The van der Waals surface area contributed by atoms with Gasteiger partial charge in [-0.25, -0.2) is 0 Å². The van der Waals surface area contributed by atoms with Gasteiger partial charge in [0.05, 0.1) is 6.10 Å². The summed E-state index contributed by atoms with van der Waals surface area (Å²) in [4.78, 5) is 23.9. The van der Waals surface area contributed by atoms with Crippen LogP contribution in [0.5, 0.6) is 0 Å². The van der Waals surface area contributed by atoms with Crippen molar-refractivity contribution in [1.82, 2.24) is 4.90 Å². The molecule has 0 spiro atoms. The molecular formula is C12H21NO4. The monoisotopic (exact) mass is 243 g/mol. The predicted molar refractivity (Wildman–Crippen MR) is 62.7 cm³/mol. The van der Waals surface area contributed by atoms with Gasteiger partial charge >= 0.3 is 5.97 Å². The van der Waals surface area contributed by atoms with Crippen molar-refractivity contribution in [2.45, 2.75) is 51.7 Å². The van der Waals surface area contributed by atoms with Gasteiger partial charge in [-0.05, 0) is 33.1 Å². The van der Waals surface area contributed by atoms with Crippen LogP contribution in [0.1, 0.15) is 39.5 Å². The lowest BCUT2D eigenvalue weighted by atomic mass is 10.2. The summed E-state index contributed by atoms with van der Waals surface area (Å²) in [5.41, 5.74) is 0. The SMILES string of the molecule is CC(C)OCCCC(=O)N(CC(=O)O)C1CC1. The molecule has 1 aliphatic rings. The molecule has 1 saturated carbocycles. The first-order valence-electron chi connectivity index (χ1n) is 6.13. The second kappa shape index (κ2) is 6.59. The van der Waals surface area contributed by atoms with E-state index < -0.39 is 5.97 Å². The summed E-state index contributed by atoms with van der Waals surface area (Å²) in [5.74, 6) is -1.01. The average Bonchev–Trinajstić information content (AvgIpc) is 3.03. The molecule has 0 saturated heterocycles. The van der Waals surface area contributed by atoms with Gasteiger partial charge in [0.25, 0.3) is 0 Å². The molecule has 1 rings (SSSR count). The first-order chi connectivity index (χ1) is 8.00. The quantitative estimate of drug-likeness (QED) is 0.652. The smallest absolute Gasteiger partial charge is 0.323 e. The maximum absolute atomic E-state index is 11.8. The van der Waals surface area contributed by atoms with Crippen molar-refractivity contribution >= 4 is 11.9 Å². The molecule has 1 fully saturated rings. The van der Waals surface area contributed by atoms with Crippen molar-refractivity contribution in [3.8, 4) is 0 Å². The van der Waals surface area contributed by atoms with Crippen LogP contribution in [-0.4, -0.2) is 47.2 Å². The van der Waals surface area contributed by atoms with Gasteiger partial charge in [-0.1, -0.05) is 0 Å². The van der Waals surface area contributed by atoms with Crippen molar-refractivity contribution in [3.05, 3.63) is 0 Å². The van der Waals surface area contributed by atoms with Gasteiger partial charge in [-0.15, -0.1) is 0 Å². The van der Waals surface area contributed by atoms with E-state index in [2.05, 4.69) is 0 Å². The molecule has 0 bridgehead atoms. The standard InChI is InChI=1S/C12H21NO4/c1-9(2)17-7-3-4-11(14)13(8-12(15)16)10-5-6-10/h9-10H,3-8H2,1-2H3,(H,15,16). The summed E-state index contributed by atoms with van der Waals surface area (Å²) in [6.45, 7) is 4.27. The van der Waals surface area contributed by atoms with Gasteiger partial charge in [0, 0.05) is 19.1 Å². The van der Waals surface area contributed by atoms with E-state index in [9.17, 15) is 9.59 Å². The molecular weight excluding hydrogens is 222 g/mol. The normalized spacial score (nSPS) is 15.0. The van der Waals surface area contributed by atoms with Gasteiger partial charge in [-0.2, -0.15) is 0 Å². The minimum atomic E-state index is -0.941. The van der Waals surface area contributed by atoms with Gasteiger partial charge in [0.2, 0.25) is 5.91 Å². The zero-order chi connectivity index (χ0) is 12.8. The first-order valence-corrected chi connectivity index (χ1v) is 6.13. The van der Waals surface area contributed by atoms with Crippen molar-refractivity contribution < 1.29 is 19.4 Å². The Morgan fingerprint density at radius 2 is 2.06 bits per heavy atom. The molecule has 17 heavy (non-hydrogen) atoms. The lowest BCUT2D eigenvalue weighted by Crippen LogP contribution is -2.37. The molecule has 1 aliphatic carbocycles. The van der Waals surface area contributed by atoms with E-state index in [1.54, 1.807) is 0 Å². The van der Waals surface area contributed by atoms with Crippen LogP contribution in [-0.2, 0) is 14.3 Å². The topological polar surface area (TPSA) is 66.8 Å². The van der Waals surface area contributed by atoms with E-state index in [4.69, 9.17) is 9.84 Å². The molecule has 0 aromatic rings. The Morgan fingerprint density at radius 1 is 1.41 bits per heavy atom. The summed E-state index contributed by atoms with van der Waals surface area (Å²) in [7, 11) is 0. The molecule has 0 aromatic carbocycles. The van der Waals surface area contributed by atoms with Crippen LogP contribution in [0, 0.1) is 0 Å². The third kappa shape index (κ3) is 5.68. The van der Waals surface area contributed by atoms with E-state index in [1.165, 1.54) is 4.90 Å². The van der Waals surface area contributed by atoms with Crippen LogP contribution in [0.25, 0.3) is 0 Å². The molecule has 0 aromatic heterocycles.